The monoisotopic (exact) mass is 309 g/mol. The number of hydrogen-bond acceptors (Lipinski definition) is 3. The summed E-state index contributed by atoms with van der Waals surface area (Å²) in [6.07, 6.45) is 3.61. The van der Waals surface area contributed by atoms with Gasteiger partial charge in [0.25, 0.3) is 0 Å². The van der Waals surface area contributed by atoms with Crippen molar-refractivity contribution in [2.24, 2.45) is 11.1 Å². The molecule has 0 radical (unpaired) electrons. The average Bonchev–Trinajstić information content (AvgIpc) is 2.37. The van der Waals surface area contributed by atoms with Crippen LogP contribution in [0.3, 0.4) is 0 Å². The Hall–Kier alpha value is -1.59. The van der Waals surface area contributed by atoms with E-state index in [-0.39, 0.29) is 17.2 Å². The van der Waals surface area contributed by atoms with Crippen LogP contribution in [0, 0.1) is 5.41 Å². The molecule has 0 aromatic heterocycles. The van der Waals surface area contributed by atoms with Crippen LogP contribution in [0.15, 0.2) is 18.2 Å². The van der Waals surface area contributed by atoms with E-state index in [9.17, 15) is 9.59 Å². The lowest BCUT2D eigenvalue weighted by Gasteiger charge is -2.40. The Labute approximate surface area is 129 Å². The van der Waals surface area contributed by atoms with E-state index in [0.717, 1.165) is 19.3 Å². The molecule has 5 nitrogen and oxygen atoms in total. The van der Waals surface area contributed by atoms with E-state index in [4.69, 9.17) is 17.3 Å². The maximum Gasteiger partial charge on any atom is 0.224 e. The van der Waals surface area contributed by atoms with Gasteiger partial charge in [-0.25, -0.2) is 0 Å². The highest BCUT2D eigenvalue weighted by molar-refractivity contribution is 6.34. The maximum atomic E-state index is 12.1. The standard InChI is InChI=1S/C15H20ClN3O2/c1-10(20)18-13-4-3-11(7-12(13)16)19-14(21)8-15(9-17)5-2-6-15/h3-4,7H,2,5-6,8-9,17H2,1H3,(H,18,20)(H,19,21). The van der Waals surface area contributed by atoms with Crippen molar-refractivity contribution in [2.75, 3.05) is 17.2 Å². The summed E-state index contributed by atoms with van der Waals surface area (Å²) in [6.45, 7) is 1.96. The van der Waals surface area contributed by atoms with E-state index in [1.807, 2.05) is 0 Å². The second kappa shape index (κ2) is 6.45. The summed E-state index contributed by atoms with van der Waals surface area (Å²) >= 11 is 6.07. The van der Waals surface area contributed by atoms with Crippen molar-refractivity contribution >= 4 is 34.8 Å². The van der Waals surface area contributed by atoms with E-state index in [2.05, 4.69) is 10.6 Å². The number of carbonyl (C=O) groups excluding carboxylic acids is 2. The van der Waals surface area contributed by atoms with Gasteiger partial charge in [0.15, 0.2) is 0 Å². The van der Waals surface area contributed by atoms with Gasteiger partial charge in [0.2, 0.25) is 11.8 Å². The Bertz CT molecular complexity index is 550. The molecule has 0 atom stereocenters. The van der Waals surface area contributed by atoms with E-state index in [0.29, 0.717) is 29.4 Å². The summed E-state index contributed by atoms with van der Waals surface area (Å²) in [4.78, 5) is 23.1. The predicted molar refractivity (Wildman–Crippen MR) is 84.3 cm³/mol. The van der Waals surface area contributed by atoms with E-state index >= 15 is 0 Å². The van der Waals surface area contributed by atoms with Crippen molar-refractivity contribution in [2.45, 2.75) is 32.6 Å². The van der Waals surface area contributed by atoms with Crippen molar-refractivity contribution in [3.8, 4) is 0 Å². The van der Waals surface area contributed by atoms with Crippen LogP contribution in [0.2, 0.25) is 5.02 Å². The van der Waals surface area contributed by atoms with Crippen LogP contribution in [-0.2, 0) is 9.59 Å². The maximum absolute atomic E-state index is 12.1. The van der Waals surface area contributed by atoms with Crippen molar-refractivity contribution in [3.05, 3.63) is 23.2 Å². The number of halogens is 1. The van der Waals surface area contributed by atoms with Crippen LogP contribution in [0.4, 0.5) is 11.4 Å². The summed E-state index contributed by atoms with van der Waals surface area (Å²) in [5.74, 6) is -0.243. The Kier molecular flexibility index (Phi) is 4.85. The highest BCUT2D eigenvalue weighted by atomic mass is 35.5. The fraction of sp³-hybridized carbons (Fsp3) is 0.467. The molecule has 0 spiro atoms. The molecule has 1 aliphatic carbocycles. The van der Waals surface area contributed by atoms with Crippen LogP contribution < -0.4 is 16.4 Å². The van der Waals surface area contributed by atoms with Gasteiger partial charge in [-0.2, -0.15) is 0 Å². The van der Waals surface area contributed by atoms with Gasteiger partial charge < -0.3 is 16.4 Å². The van der Waals surface area contributed by atoms with Crippen molar-refractivity contribution in [1.82, 2.24) is 0 Å². The molecule has 114 valence electrons. The number of nitrogens with one attached hydrogen (secondary N) is 2. The van der Waals surface area contributed by atoms with Gasteiger partial charge in [-0.15, -0.1) is 0 Å². The zero-order valence-electron chi connectivity index (χ0n) is 12.0. The Morgan fingerprint density at radius 2 is 2.05 bits per heavy atom. The zero-order chi connectivity index (χ0) is 15.5. The Morgan fingerprint density at radius 3 is 2.52 bits per heavy atom. The van der Waals surface area contributed by atoms with Crippen LogP contribution in [-0.4, -0.2) is 18.4 Å². The highest BCUT2D eigenvalue weighted by Gasteiger charge is 2.37. The van der Waals surface area contributed by atoms with Crippen LogP contribution in [0.5, 0.6) is 0 Å². The molecule has 2 amide bonds. The number of hydrogen-bond donors (Lipinski definition) is 3. The van der Waals surface area contributed by atoms with Crippen molar-refractivity contribution < 1.29 is 9.59 Å². The molecule has 1 fully saturated rings. The van der Waals surface area contributed by atoms with Crippen LogP contribution in [0.1, 0.15) is 32.6 Å². The lowest BCUT2D eigenvalue weighted by Crippen LogP contribution is -2.40. The van der Waals surface area contributed by atoms with Crippen molar-refractivity contribution in [3.63, 3.8) is 0 Å². The van der Waals surface area contributed by atoms with Gasteiger partial charge in [0, 0.05) is 19.0 Å². The first-order valence-corrected chi connectivity index (χ1v) is 7.39. The minimum absolute atomic E-state index is 0.0238. The van der Waals surface area contributed by atoms with Gasteiger partial charge in [-0.05, 0) is 43.0 Å². The molecule has 2 rings (SSSR count). The normalized spacial score (nSPS) is 16.0. The summed E-state index contributed by atoms with van der Waals surface area (Å²) in [5.41, 5.74) is 6.88. The molecule has 0 unspecified atom stereocenters. The van der Waals surface area contributed by atoms with E-state index in [1.54, 1.807) is 18.2 Å². The molecule has 1 aromatic rings. The molecular formula is C15H20ClN3O2. The Balaban J connectivity index is 1.98. The molecule has 1 saturated carbocycles. The van der Waals surface area contributed by atoms with Gasteiger partial charge in [-0.1, -0.05) is 18.0 Å². The summed E-state index contributed by atoms with van der Waals surface area (Å²) < 4.78 is 0. The smallest absolute Gasteiger partial charge is 0.224 e. The molecule has 1 aromatic carbocycles. The molecule has 4 N–H and O–H groups in total. The quantitative estimate of drug-likeness (QED) is 0.782. The predicted octanol–water partition coefficient (Wildman–Crippen LogP) is 2.76. The summed E-state index contributed by atoms with van der Waals surface area (Å²) in [7, 11) is 0. The van der Waals surface area contributed by atoms with Crippen molar-refractivity contribution in [1.29, 1.82) is 0 Å². The minimum Gasteiger partial charge on any atom is -0.330 e. The van der Waals surface area contributed by atoms with Gasteiger partial charge in [-0.3, -0.25) is 9.59 Å². The van der Waals surface area contributed by atoms with Gasteiger partial charge >= 0.3 is 0 Å². The fourth-order valence-corrected chi connectivity index (χ4v) is 2.79. The molecular weight excluding hydrogens is 290 g/mol. The first-order chi connectivity index (χ1) is 9.94. The van der Waals surface area contributed by atoms with Gasteiger partial charge in [0.05, 0.1) is 10.7 Å². The number of anilines is 2. The molecule has 0 heterocycles. The third kappa shape index (κ3) is 3.95. The zero-order valence-corrected chi connectivity index (χ0v) is 12.8. The van der Waals surface area contributed by atoms with E-state index in [1.165, 1.54) is 6.92 Å². The average molecular weight is 310 g/mol. The molecule has 21 heavy (non-hydrogen) atoms. The van der Waals surface area contributed by atoms with Crippen LogP contribution >= 0.6 is 11.6 Å². The minimum atomic E-state index is -0.191. The number of amides is 2. The molecule has 6 heteroatoms. The topological polar surface area (TPSA) is 84.2 Å². The third-order valence-electron chi connectivity index (χ3n) is 3.95. The van der Waals surface area contributed by atoms with Gasteiger partial charge in [0.1, 0.15) is 0 Å². The number of carbonyl (C=O) groups is 2. The molecule has 0 saturated heterocycles. The summed E-state index contributed by atoms with van der Waals surface area (Å²) in [6, 6.07) is 5.01. The summed E-state index contributed by atoms with van der Waals surface area (Å²) in [5, 5.41) is 5.84. The molecule has 0 aliphatic heterocycles. The second-order valence-electron chi connectivity index (χ2n) is 5.66. The molecule has 1 aliphatic rings. The Morgan fingerprint density at radius 1 is 1.33 bits per heavy atom. The highest BCUT2D eigenvalue weighted by Crippen LogP contribution is 2.43. The number of benzene rings is 1. The SMILES string of the molecule is CC(=O)Nc1ccc(NC(=O)CC2(CN)CCC2)cc1Cl. The fourth-order valence-electron chi connectivity index (χ4n) is 2.56. The second-order valence-corrected chi connectivity index (χ2v) is 6.07. The van der Waals surface area contributed by atoms with Crippen LogP contribution in [0.25, 0.3) is 0 Å². The van der Waals surface area contributed by atoms with E-state index < -0.39 is 0 Å². The number of nitrogens with two attached hydrogens (primary N) is 1. The largest absolute Gasteiger partial charge is 0.330 e. The molecule has 0 bridgehead atoms. The number of rotatable bonds is 5. The first-order valence-electron chi connectivity index (χ1n) is 7.01. The lowest BCUT2D eigenvalue weighted by atomic mass is 9.66. The third-order valence-corrected chi connectivity index (χ3v) is 4.26. The lowest BCUT2D eigenvalue weighted by molar-refractivity contribution is -0.119. The first kappa shape index (κ1) is 15.8.